The zero-order chi connectivity index (χ0) is 22.4. The van der Waals surface area contributed by atoms with Gasteiger partial charge in [-0.3, -0.25) is 9.69 Å². The van der Waals surface area contributed by atoms with Crippen LogP contribution in [0.15, 0.2) is 60.4 Å². The maximum absolute atomic E-state index is 13.2. The molecule has 0 N–H and O–H groups in total. The summed E-state index contributed by atoms with van der Waals surface area (Å²) in [4.78, 5) is 15.4. The van der Waals surface area contributed by atoms with Crippen LogP contribution in [0.25, 0.3) is 6.08 Å². The molecule has 0 aliphatic carbocycles. The standard InChI is InChI=1S/C26H21Cl2NO3/c1-15-10-22-19(13-29(14-31-22)16(2)18-6-4-3-5-7-18)26-24(15)25(30)23(32-26)12-17-8-9-20(27)21(28)11-17/h3-12,16H,13-14H2,1-2H3/b23-12-. The number of fused-ring (bicyclic) bond motifs is 3. The highest BCUT2D eigenvalue weighted by molar-refractivity contribution is 6.42. The van der Waals surface area contributed by atoms with Gasteiger partial charge in [-0.05, 0) is 54.8 Å². The molecular weight excluding hydrogens is 445 g/mol. The number of Topliss-reactive ketones (excluding diaryl/α,β-unsaturated/α-hetero) is 1. The highest BCUT2D eigenvalue weighted by Gasteiger charge is 2.36. The van der Waals surface area contributed by atoms with E-state index in [0.29, 0.717) is 34.6 Å². The molecule has 0 amide bonds. The number of ether oxygens (including phenoxy) is 2. The van der Waals surface area contributed by atoms with Crippen LogP contribution in [0.4, 0.5) is 0 Å². The summed E-state index contributed by atoms with van der Waals surface area (Å²) in [6, 6.07) is 17.6. The summed E-state index contributed by atoms with van der Waals surface area (Å²) in [6.07, 6.45) is 1.70. The Bertz CT molecular complexity index is 1250. The normalized spacial score (nSPS) is 17.5. The van der Waals surface area contributed by atoms with Gasteiger partial charge in [-0.1, -0.05) is 59.6 Å². The lowest BCUT2D eigenvalue weighted by molar-refractivity contribution is 0.0605. The van der Waals surface area contributed by atoms with Crippen LogP contribution in [-0.4, -0.2) is 17.4 Å². The van der Waals surface area contributed by atoms with Crippen LogP contribution < -0.4 is 9.47 Å². The summed E-state index contributed by atoms with van der Waals surface area (Å²) in [6.45, 7) is 5.16. The Morgan fingerprint density at radius 2 is 1.84 bits per heavy atom. The smallest absolute Gasteiger partial charge is 0.232 e. The fourth-order valence-electron chi connectivity index (χ4n) is 4.19. The molecule has 5 rings (SSSR count). The third kappa shape index (κ3) is 3.69. The minimum absolute atomic E-state index is 0.139. The molecule has 4 nitrogen and oxygen atoms in total. The first-order valence-electron chi connectivity index (χ1n) is 10.4. The number of halogens is 2. The number of benzene rings is 3. The number of allylic oxidation sites excluding steroid dienone is 1. The van der Waals surface area contributed by atoms with Gasteiger partial charge in [0.25, 0.3) is 0 Å². The van der Waals surface area contributed by atoms with Crippen LogP contribution >= 0.6 is 23.2 Å². The molecule has 0 radical (unpaired) electrons. The molecule has 32 heavy (non-hydrogen) atoms. The molecule has 2 aliphatic heterocycles. The second-order valence-corrected chi connectivity index (χ2v) is 8.91. The van der Waals surface area contributed by atoms with Gasteiger partial charge < -0.3 is 9.47 Å². The van der Waals surface area contributed by atoms with E-state index in [0.717, 1.165) is 22.4 Å². The lowest BCUT2D eigenvalue weighted by atomic mass is 9.98. The number of carbonyl (C=O) groups excluding carboxylic acids is 1. The lowest BCUT2D eigenvalue weighted by Gasteiger charge is -2.34. The molecule has 0 saturated heterocycles. The zero-order valence-corrected chi connectivity index (χ0v) is 19.2. The van der Waals surface area contributed by atoms with Crippen LogP contribution in [0.5, 0.6) is 11.5 Å². The van der Waals surface area contributed by atoms with Crippen molar-refractivity contribution in [3.05, 3.63) is 98.2 Å². The topological polar surface area (TPSA) is 38.8 Å². The number of rotatable bonds is 3. The quantitative estimate of drug-likeness (QED) is 0.397. The van der Waals surface area contributed by atoms with Crippen molar-refractivity contribution < 1.29 is 14.3 Å². The predicted molar refractivity (Wildman–Crippen MR) is 126 cm³/mol. The lowest BCUT2D eigenvalue weighted by Crippen LogP contribution is -2.34. The molecule has 0 saturated carbocycles. The van der Waals surface area contributed by atoms with Gasteiger partial charge in [-0.25, -0.2) is 0 Å². The predicted octanol–water partition coefficient (Wildman–Crippen LogP) is 6.83. The second kappa shape index (κ2) is 8.28. The van der Waals surface area contributed by atoms with Gasteiger partial charge in [0.1, 0.15) is 18.2 Å². The van der Waals surface area contributed by atoms with E-state index < -0.39 is 0 Å². The summed E-state index contributed by atoms with van der Waals surface area (Å²) in [7, 11) is 0. The van der Waals surface area contributed by atoms with Gasteiger partial charge in [0.2, 0.25) is 5.78 Å². The number of ketones is 1. The molecule has 162 valence electrons. The Hall–Kier alpha value is -2.79. The Morgan fingerprint density at radius 1 is 1.06 bits per heavy atom. The van der Waals surface area contributed by atoms with Crippen molar-refractivity contribution in [2.24, 2.45) is 0 Å². The van der Waals surface area contributed by atoms with Crippen molar-refractivity contribution in [2.45, 2.75) is 26.4 Å². The molecule has 0 bridgehead atoms. The van der Waals surface area contributed by atoms with E-state index in [1.54, 1.807) is 24.3 Å². The maximum Gasteiger partial charge on any atom is 0.232 e. The highest BCUT2D eigenvalue weighted by Crippen LogP contribution is 2.45. The molecule has 0 aromatic heterocycles. The van der Waals surface area contributed by atoms with Crippen molar-refractivity contribution in [3.63, 3.8) is 0 Å². The van der Waals surface area contributed by atoms with Gasteiger partial charge in [-0.15, -0.1) is 0 Å². The van der Waals surface area contributed by atoms with E-state index in [1.165, 1.54) is 5.56 Å². The summed E-state index contributed by atoms with van der Waals surface area (Å²) >= 11 is 12.1. The molecule has 0 fully saturated rings. The van der Waals surface area contributed by atoms with Gasteiger partial charge in [-0.2, -0.15) is 0 Å². The molecular formula is C26H21Cl2NO3. The van der Waals surface area contributed by atoms with E-state index in [-0.39, 0.29) is 17.6 Å². The molecule has 1 atom stereocenters. The third-order valence-electron chi connectivity index (χ3n) is 6.02. The van der Waals surface area contributed by atoms with Crippen LogP contribution in [0.3, 0.4) is 0 Å². The van der Waals surface area contributed by atoms with Crippen molar-refractivity contribution in [1.82, 2.24) is 4.90 Å². The Labute approximate surface area is 197 Å². The number of hydrogen-bond acceptors (Lipinski definition) is 4. The van der Waals surface area contributed by atoms with E-state index in [4.69, 9.17) is 32.7 Å². The van der Waals surface area contributed by atoms with Gasteiger partial charge in [0, 0.05) is 12.6 Å². The molecule has 3 aromatic rings. The van der Waals surface area contributed by atoms with E-state index in [2.05, 4.69) is 24.0 Å². The number of hydrogen-bond donors (Lipinski definition) is 0. The zero-order valence-electron chi connectivity index (χ0n) is 17.7. The average Bonchev–Trinajstić information content (AvgIpc) is 3.13. The van der Waals surface area contributed by atoms with E-state index in [9.17, 15) is 4.79 Å². The Kier molecular flexibility index (Phi) is 5.46. The van der Waals surface area contributed by atoms with Crippen molar-refractivity contribution in [1.29, 1.82) is 0 Å². The van der Waals surface area contributed by atoms with Crippen molar-refractivity contribution in [2.75, 3.05) is 6.73 Å². The molecule has 3 aromatic carbocycles. The highest BCUT2D eigenvalue weighted by atomic mass is 35.5. The van der Waals surface area contributed by atoms with Crippen LogP contribution in [-0.2, 0) is 6.54 Å². The van der Waals surface area contributed by atoms with Gasteiger partial charge >= 0.3 is 0 Å². The fourth-order valence-corrected chi connectivity index (χ4v) is 4.50. The van der Waals surface area contributed by atoms with Crippen LogP contribution in [0.2, 0.25) is 10.0 Å². The third-order valence-corrected chi connectivity index (χ3v) is 6.76. The van der Waals surface area contributed by atoms with Gasteiger partial charge in [0.05, 0.1) is 21.2 Å². The van der Waals surface area contributed by atoms with Crippen LogP contribution in [0.1, 0.15) is 45.6 Å². The van der Waals surface area contributed by atoms with E-state index >= 15 is 0 Å². The molecule has 1 unspecified atom stereocenters. The summed E-state index contributed by atoms with van der Waals surface area (Å²) < 4.78 is 12.2. The average molecular weight is 466 g/mol. The molecule has 6 heteroatoms. The molecule has 0 spiro atoms. The molecule has 2 heterocycles. The minimum atomic E-state index is -0.139. The second-order valence-electron chi connectivity index (χ2n) is 8.09. The van der Waals surface area contributed by atoms with Crippen molar-refractivity contribution >= 4 is 35.1 Å². The summed E-state index contributed by atoms with van der Waals surface area (Å²) in [5, 5.41) is 0.891. The first-order valence-corrected chi connectivity index (χ1v) is 11.2. The monoisotopic (exact) mass is 465 g/mol. The summed E-state index contributed by atoms with van der Waals surface area (Å²) in [5.74, 6) is 1.48. The van der Waals surface area contributed by atoms with Crippen molar-refractivity contribution in [3.8, 4) is 11.5 Å². The first-order chi connectivity index (χ1) is 15.4. The Balaban J connectivity index is 1.49. The maximum atomic E-state index is 13.2. The Morgan fingerprint density at radius 3 is 2.59 bits per heavy atom. The number of aryl methyl sites for hydroxylation is 1. The summed E-state index contributed by atoms with van der Waals surface area (Å²) in [5.41, 5.74) is 4.28. The first kappa shape index (κ1) is 21.1. The largest absolute Gasteiger partial charge is 0.478 e. The van der Waals surface area contributed by atoms with Crippen LogP contribution in [0, 0.1) is 6.92 Å². The number of carbonyl (C=O) groups is 1. The molecule has 2 aliphatic rings. The number of nitrogens with zero attached hydrogens (tertiary/aromatic N) is 1. The van der Waals surface area contributed by atoms with E-state index in [1.807, 2.05) is 31.2 Å². The fraction of sp³-hybridized carbons (Fsp3) is 0.192. The van der Waals surface area contributed by atoms with Gasteiger partial charge in [0.15, 0.2) is 5.76 Å². The SMILES string of the molecule is Cc1cc2c(c3c1C(=O)/C(=C/c1ccc(Cl)c(Cl)c1)O3)CN(C(C)c1ccccc1)CO2. The minimum Gasteiger partial charge on any atom is -0.478 e.